The molecule has 0 unspecified atom stereocenters. The van der Waals surface area contributed by atoms with Crippen LogP contribution in [0.3, 0.4) is 0 Å². The van der Waals surface area contributed by atoms with E-state index in [-0.39, 0.29) is 0 Å². The molecular weight excluding hydrogens is 468 g/mol. The van der Waals surface area contributed by atoms with Crippen LogP contribution in [-0.4, -0.2) is 24.7 Å². The Labute approximate surface area is 215 Å². The highest BCUT2D eigenvalue weighted by molar-refractivity contribution is 5.97. The second-order valence-corrected chi connectivity index (χ2v) is 7.86. The van der Waals surface area contributed by atoms with E-state index in [2.05, 4.69) is 10.5 Å². The van der Waals surface area contributed by atoms with Crippen molar-refractivity contribution in [3.63, 3.8) is 0 Å². The molecular formula is C30H26N2O5. The normalized spacial score (nSPS) is 10.6. The molecule has 4 aromatic carbocycles. The number of nitrogens with one attached hydrogen (secondary N) is 1. The second-order valence-electron chi connectivity index (χ2n) is 7.86. The number of carbonyl (C=O) groups is 2. The first-order chi connectivity index (χ1) is 18.1. The van der Waals surface area contributed by atoms with Gasteiger partial charge in [0.1, 0.15) is 12.4 Å². The molecule has 37 heavy (non-hydrogen) atoms. The molecule has 0 aliphatic carbocycles. The van der Waals surface area contributed by atoms with Crippen LogP contribution in [0.25, 0.3) is 0 Å². The van der Waals surface area contributed by atoms with E-state index in [9.17, 15) is 9.59 Å². The van der Waals surface area contributed by atoms with Crippen LogP contribution in [-0.2, 0) is 6.61 Å². The topological polar surface area (TPSA) is 86.2 Å². The van der Waals surface area contributed by atoms with Crippen LogP contribution in [0.2, 0.25) is 0 Å². The fourth-order valence-electron chi connectivity index (χ4n) is 3.43. The molecule has 0 heterocycles. The van der Waals surface area contributed by atoms with Gasteiger partial charge in [0.15, 0.2) is 11.5 Å². The molecule has 0 saturated heterocycles. The molecule has 0 bridgehead atoms. The largest absolute Gasteiger partial charge is 0.490 e. The maximum absolute atomic E-state index is 12.8. The van der Waals surface area contributed by atoms with E-state index in [0.717, 1.165) is 5.56 Å². The van der Waals surface area contributed by atoms with Crippen LogP contribution in [0.4, 0.5) is 0 Å². The standard InChI is InChI=1S/C30H26N2O5/c1-2-35-28-19-23(17-18-27(28)37-30(34)24-13-7-4-8-14-24)20-31-32-29(33)25-15-9-10-16-26(25)36-21-22-11-5-3-6-12-22/h3-20H,2,21H2,1H3,(H,32,33)/b31-20-. The first-order valence-electron chi connectivity index (χ1n) is 11.8. The molecule has 4 rings (SSSR count). The molecule has 7 nitrogen and oxygen atoms in total. The first kappa shape index (κ1) is 25.2. The number of nitrogens with zero attached hydrogens (tertiary/aromatic N) is 1. The number of rotatable bonds is 10. The van der Waals surface area contributed by atoms with Crippen molar-refractivity contribution in [3.8, 4) is 17.2 Å². The average Bonchev–Trinajstić information content (AvgIpc) is 2.94. The second kappa shape index (κ2) is 12.7. The Kier molecular flexibility index (Phi) is 8.64. The molecule has 0 aromatic heterocycles. The predicted molar refractivity (Wildman–Crippen MR) is 141 cm³/mol. The van der Waals surface area contributed by atoms with Crippen molar-refractivity contribution in [2.24, 2.45) is 5.10 Å². The van der Waals surface area contributed by atoms with Gasteiger partial charge in [-0.3, -0.25) is 4.79 Å². The lowest BCUT2D eigenvalue weighted by atomic mass is 10.2. The minimum Gasteiger partial charge on any atom is -0.490 e. The van der Waals surface area contributed by atoms with E-state index < -0.39 is 11.9 Å². The van der Waals surface area contributed by atoms with Gasteiger partial charge in [0, 0.05) is 0 Å². The van der Waals surface area contributed by atoms with Crippen molar-refractivity contribution in [1.82, 2.24) is 5.43 Å². The summed E-state index contributed by atoms with van der Waals surface area (Å²) in [5.41, 5.74) is 4.98. The number of para-hydroxylation sites is 1. The third kappa shape index (κ3) is 7.05. The first-order valence-corrected chi connectivity index (χ1v) is 11.8. The fourth-order valence-corrected chi connectivity index (χ4v) is 3.43. The lowest BCUT2D eigenvalue weighted by Gasteiger charge is -2.11. The molecule has 1 N–H and O–H groups in total. The Morgan fingerprint density at radius 2 is 1.49 bits per heavy atom. The molecule has 0 spiro atoms. The van der Waals surface area contributed by atoms with Crippen LogP contribution in [0.15, 0.2) is 108 Å². The van der Waals surface area contributed by atoms with Crippen LogP contribution in [0.1, 0.15) is 38.8 Å². The Balaban J connectivity index is 1.41. The van der Waals surface area contributed by atoms with Gasteiger partial charge >= 0.3 is 5.97 Å². The Bertz CT molecular complexity index is 1370. The molecule has 1 amide bonds. The summed E-state index contributed by atoms with van der Waals surface area (Å²) in [7, 11) is 0. The van der Waals surface area contributed by atoms with Crippen LogP contribution in [0.5, 0.6) is 17.2 Å². The molecule has 7 heteroatoms. The van der Waals surface area contributed by atoms with Crippen LogP contribution >= 0.6 is 0 Å². The van der Waals surface area contributed by atoms with Crippen molar-refractivity contribution in [2.45, 2.75) is 13.5 Å². The lowest BCUT2D eigenvalue weighted by molar-refractivity contribution is 0.0728. The minimum absolute atomic E-state index is 0.293. The van der Waals surface area contributed by atoms with Gasteiger partial charge in [0.05, 0.1) is 23.9 Å². The number of amides is 1. The zero-order valence-corrected chi connectivity index (χ0v) is 20.3. The van der Waals surface area contributed by atoms with Crippen LogP contribution < -0.4 is 19.6 Å². The van der Waals surface area contributed by atoms with Crippen molar-refractivity contribution in [2.75, 3.05) is 6.61 Å². The number of hydrogen-bond donors (Lipinski definition) is 1. The van der Waals surface area contributed by atoms with E-state index >= 15 is 0 Å². The summed E-state index contributed by atoms with van der Waals surface area (Å²) >= 11 is 0. The molecule has 0 atom stereocenters. The Morgan fingerprint density at radius 3 is 2.24 bits per heavy atom. The number of benzene rings is 4. The van der Waals surface area contributed by atoms with E-state index in [1.807, 2.05) is 49.4 Å². The highest BCUT2D eigenvalue weighted by Gasteiger charge is 2.14. The van der Waals surface area contributed by atoms with Crippen molar-refractivity contribution in [3.05, 3.63) is 125 Å². The fraction of sp³-hybridized carbons (Fsp3) is 0.100. The van der Waals surface area contributed by atoms with Gasteiger partial charge in [-0.15, -0.1) is 0 Å². The zero-order chi connectivity index (χ0) is 25.9. The molecule has 186 valence electrons. The molecule has 0 saturated carbocycles. The SMILES string of the molecule is CCOc1cc(/C=N\NC(=O)c2ccccc2OCc2ccccc2)ccc1OC(=O)c1ccccc1. The zero-order valence-electron chi connectivity index (χ0n) is 20.3. The summed E-state index contributed by atoms with van der Waals surface area (Å²) in [6.07, 6.45) is 1.48. The van der Waals surface area contributed by atoms with Gasteiger partial charge in [0.25, 0.3) is 5.91 Å². The lowest BCUT2D eigenvalue weighted by Crippen LogP contribution is -2.18. The van der Waals surface area contributed by atoms with Gasteiger partial charge < -0.3 is 14.2 Å². The minimum atomic E-state index is -0.483. The van der Waals surface area contributed by atoms with E-state index in [1.165, 1.54) is 6.21 Å². The number of esters is 1. The van der Waals surface area contributed by atoms with Gasteiger partial charge in [-0.25, -0.2) is 10.2 Å². The Hall–Kier alpha value is -4.91. The van der Waals surface area contributed by atoms with E-state index in [1.54, 1.807) is 60.7 Å². The molecule has 0 aliphatic rings. The third-order valence-corrected chi connectivity index (χ3v) is 5.23. The number of carbonyl (C=O) groups excluding carboxylic acids is 2. The molecule has 0 aliphatic heterocycles. The third-order valence-electron chi connectivity index (χ3n) is 5.23. The summed E-state index contributed by atoms with van der Waals surface area (Å²) < 4.78 is 17.0. The van der Waals surface area contributed by atoms with Crippen molar-refractivity contribution < 1.29 is 23.8 Å². The van der Waals surface area contributed by atoms with E-state index in [4.69, 9.17) is 14.2 Å². The number of hydrazone groups is 1. The van der Waals surface area contributed by atoms with Gasteiger partial charge in [-0.1, -0.05) is 60.7 Å². The smallest absolute Gasteiger partial charge is 0.343 e. The highest BCUT2D eigenvalue weighted by Crippen LogP contribution is 2.29. The number of ether oxygens (including phenoxy) is 3. The predicted octanol–water partition coefficient (Wildman–Crippen LogP) is 5.65. The van der Waals surface area contributed by atoms with Gasteiger partial charge in [0.2, 0.25) is 0 Å². The Morgan fingerprint density at radius 1 is 0.784 bits per heavy atom. The summed E-state index contributed by atoms with van der Waals surface area (Å²) in [4.78, 5) is 25.2. The monoisotopic (exact) mass is 494 g/mol. The number of hydrogen-bond acceptors (Lipinski definition) is 6. The van der Waals surface area contributed by atoms with Gasteiger partial charge in [-0.05, 0) is 60.5 Å². The van der Waals surface area contributed by atoms with Gasteiger partial charge in [-0.2, -0.15) is 5.10 Å². The summed E-state index contributed by atoms with van der Waals surface area (Å²) in [5.74, 6) is 0.257. The average molecular weight is 495 g/mol. The molecule has 0 radical (unpaired) electrons. The van der Waals surface area contributed by atoms with E-state index in [0.29, 0.717) is 47.2 Å². The maximum Gasteiger partial charge on any atom is 0.343 e. The van der Waals surface area contributed by atoms with Crippen molar-refractivity contribution in [1.29, 1.82) is 0 Å². The summed E-state index contributed by atoms with van der Waals surface area (Å²) in [5, 5.41) is 4.07. The highest BCUT2D eigenvalue weighted by atomic mass is 16.6. The van der Waals surface area contributed by atoms with Crippen LogP contribution in [0, 0.1) is 0 Å². The molecule has 0 fully saturated rings. The maximum atomic E-state index is 12.8. The summed E-state index contributed by atoms with van der Waals surface area (Å²) in [6, 6.07) is 30.4. The molecule has 4 aromatic rings. The summed E-state index contributed by atoms with van der Waals surface area (Å²) in [6.45, 7) is 2.56. The quantitative estimate of drug-likeness (QED) is 0.133. The van der Waals surface area contributed by atoms with Crippen molar-refractivity contribution >= 4 is 18.1 Å².